The number of hydrogen-bond donors (Lipinski definition) is 1. The molecule has 1 aliphatic rings. The maximum Gasteiger partial charge on any atom is 0.224 e. The highest BCUT2D eigenvalue weighted by Gasteiger charge is 2.27. The van der Waals surface area contributed by atoms with Crippen LogP contribution in [-0.2, 0) is 11.3 Å². The number of methoxy groups -OCH3 is 1. The first-order chi connectivity index (χ1) is 14.5. The number of H-pyrrole nitrogens is 1. The number of likely N-dealkylation sites (tertiary alicyclic amines) is 1. The summed E-state index contributed by atoms with van der Waals surface area (Å²) < 4.78 is 7.69. The van der Waals surface area contributed by atoms with Crippen LogP contribution in [0, 0.1) is 11.7 Å². The highest BCUT2D eigenvalue weighted by molar-refractivity contribution is 7.71. The molecule has 1 saturated heterocycles. The van der Waals surface area contributed by atoms with Crippen LogP contribution in [0.25, 0.3) is 11.4 Å². The van der Waals surface area contributed by atoms with E-state index in [2.05, 4.69) is 28.4 Å². The molecule has 1 fully saturated rings. The van der Waals surface area contributed by atoms with Crippen molar-refractivity contribution in [2.45, 2.75) is 32.2 Å². The topological polar surface area (TPSA) is 63.1 Å². The Labute approximate surface area is 181 Å². The van der Waals surface area contributed by atoms with Crippen molar-refractivity contribution in [2.75, 3.05) is 20.2 Å². The van der Waals surface area contributed by atoms with E-state index in [0.29, 0.717) is 23.7 Å². The minimum Gasteiger partial charge on any atom is -0.497 e. The molecular weight excluding hydrogens is 396 g/mol. The normalized spacial score (nSPS) is 16.1. The summed E-state index contributed by atoms with van der Waals surface area (Å²) in [6.07, 6.45) is 1.39. The molecule has 0 radical (unpaired) electrons. The standard InChI is InChI=1S/C23H26N4O2S/c1-16-4-3-5-18(14-16)22-24-25-23(30)27(22)13-11-21(28)26-12-10-19(15-26)17-6-8-20(29-2)9-7-17/h3-9,14,19H,10-13,15H2,1-2H3,(H,25,30). The van der Waals surface area contributed by atoms with Gasteiger partial charge in [-0.1, -0.05) is 35.9 Å². The fourth-order valence-electron chi connectivity index (χ4n) is 4.03. The lowest BCUT2D eigenvalue weighted by Gasteiger charge is -2.17. The molecule has 1 amide bonds. The van der Waals surface area contributed by atoms with Gasteiger partial charge in [-0.2, -0.15) is 5.10 Å². The number of amides is 1. The predicted octanol–water partition coefficient (Wildman–Crippen LogP) is 4.33. The van der Waals surface area contributed by atoms with Crippen LogP contribution in [0.5, 0.6) is 5.75 Å². The van der Waals surface area contributed by atoms with Gasteiger partial charge in [0, 0.05) is 37.5 Å². The predicted molar refractivity (Wildman–Crippen MR) is 119 cm³/mol. The van der Waals surface area contributed by atoms with Crippen LogP contribution in [0.3, 0.4) is 0 Å². The third-order valence-corrected chi connectivity index (χ3v) is 6.02. The third kappa shape index (κ3) is 4.31. The van der Waals surface area contributed by atoms with E-state index >= 15 is 0 Å². The van der Waals surface area contributed by atoms with Crippen molar-refractivity contribution in [2.24, 2.45) is 0 Å². The molecule has 4 rings (SSSR count). The summed E-state index contributed by atoms with van der Waals surface area (Å²) in [7, 11) is 1.67. The maximum absolute atomic E-state index is 12.9. The molecule has 0 spiro atoms. The smallest absolute Gasteiger partial charge is 0.224 e. The van der Waals surface area contributed by atoms with Gasteiger partial charge in [-0.3, -0.25) is 14.5 Å². The summed E-state index contributed by atoms with van der Waals surface area (Å²) in [5.74, 6) is 2.16. The Morgan fingerprint density at radius 3 is 2.80 bits per heavy atom. The number of benzene rings is 2. The molecule has 2 aromatic carbocycles. The number of hydrogen-bond acceptors (Lipinski definition) is 4. The Bertz CT molecular complexity index is 1090. The van der Waals surface area contributed by atoms with Crippen LogP contribution in [0.4, 0.5) is 0 Å². The Morgan fingerprint density at radius 1 is 1.27 bits per heavy atom. The molecule has 1 aromatic heterocycles. The molecule has 1 N–H and O–H groups in total. The number of ether oxygens (including phenoxy) is 1. The number of nitrogens with zero attached hydrogens (tertiary/aromatic N) is 3. The van der Waals surface area contributed by atoms with Crippen molar-refractivity contribution < 1.29 is 9.53 Å². The van der Waals surface area contributed by atoms with Crippen molar-refractivity contribution >= 4 is 18.1 Å². The van der Waals surface area contributed by atoms with E-state index in [-0.39, 0.29) is 5.91 Å². The molecule has 30 heavy (non-hydrogen) atoms. The van der Waals surface area contributed by atoms with Crippen LogP contribution in [0.2, 0.25) is 0 Å². The quantitative estimate of drug-likeness (QED) is 0.601. The van der Waals surface area contributed by atoms with E-state index in [9.17, 15) is 4.79 Å². The third-order valence-electron chi connectivity index (χ3n) is 5.71. The highest BCUT2D eigenvalue weighted by atomic mass is 32.1. The minimum absolute atomic E-state index is 0.157. The van der Waals surface area contributed by atoms with Gasteiger partial charge in [-0.15, -0.1) is 0 Å². The van der Waals surface area contributed by atoms with Gasteiger partial charge in [-0.25, -0.2) is 0 Å². The Morgan fingerprint density at radius 2 is 2.07 bits per heavy atom. The Balaban J connectivity index is 1.40. The minimum atomic E-state index is 0.157. The van der Waals surface area contributed by atoms with Gasteiger partial charge in [0.1, 0.15) is 5.75 Å². The van der Waals surface area contributed by atoms with Gasteiger partial charge >= 0.3 is 0 Å². The lowest BCUT2D eigenvalue weighted by atomic mass is 9.98. The zero-order chi connectivity index (χ0) is 21.1. The molecule has 1 unspecified atom stereocenters. The van der Waals surface area contributed by atoms with E-state index in [0.717, 1.165) is 42.2 Å². The van der Waals surface area contributed by atoms with Crippen LogP contribution in [-0.4, -0.2) is 45.8 Å². The number of aromatic amines is 1. The Kier molecular flexibility index (Phi) is 5.99. The van der Waals surface area contributed by atoms with Crippen molar-refractivity contribution in [1.82, 2.24) is 19.7 Å². The summed E-state index contributed by atoms with van der Waals surface area (Å²) in [6, 6.07) is 16.3. The lowest BCUT2D eigenvalue weighted by Crippen LogP contribution is -2.29. The average molecular weight is 423 g/mol. The Hall–Kier alpha value is -2.93. The molecule has 156 valence electrons. The van der Waals surface area contributed by atoms with Gasteiger partial charge in [0.25, 0.3) is 0 Å². The van der Waals surface area contributed by atoms with Gasteiger partial charge in [0.15, 0.2) is 10.6 Å². The zero-order valence-electron chi connectivity index (χ0n) is 17.3. The molecule has 1 aliphatic heterocycles. The summed E-state index contributed by atoms with van der Waals surface area (Å²) in [5, 5.41) is 7.25. The van der Waals surface area contributed by atoms with Crippen molar-refractivity contribution in [3.8, 4) is 17.1 Å². The lowest BCUT2D eigenvalue weighted by molar-refractivity contribution is -0.130. The average Bonchev–Trinajstić information content (AvgIpc) is 3.39. The molecule has 0 saturated carbocycles. The largest absolute Gasteiger partial charge is 0.497 e. The molecule has 1 atom stereocenters. The monoisotopic (exact) mass is 422 g/mol. The van der Waals surface area contributed by atoms with E-state index in [1.165, 1.54) is 5.56 Å². The summed E-state index contributed by atoms with van der Waals surface area (Å²) in [5.41, 5.74) is 3.41. The van der Waals surface area contributed by atoms with Crippen LogP contribution in [0.15, 0.2) is 48.5 Å². The van der Waals surface area contributed by atoms with Crippen LogP contribution < -0.4 is 4.74 Å². The summed E-state index contributed by atoms with van der Waals surface area (Å²) in [6.45, 7) is 4.11. The van der Waals surface area contributed by atoms with Crippen LogP contribution in [0.1, 0.15) is 29.9 Å². The second kappa shape index (κ2) is 8.83. The fourth-order valence-corrected chi connectivity index (χ4v) is 4.25. The molecule has 0 aliphatic carbocycles. The first-order valence-electron chi connectivity index (χ1n) is 10.2. The first kappa shape index (κ1) is 20.3. The van der Waals surface area contributed by atoms with E-state index in [4.69, 9.17) is 17.0 Å². The van der Waals surface area contributed by atoms with E-state index in [1.54, 1.807) is 7.11 Å². The van der Waals surface area contributed by atoms with Crippen molar-refractivity contribution in [3.63, 3.8) is 0 Å². The number of aromatic nitrogens is 3. The molecule has 7 heteroatoms. The summed E-state index contributed by atoms with van der Waals surface area (Å²) >= 11 is 5.41. The number of carbonyl (C=O) groups is 1. The van der Waals surface area contributed by atoms with Crippen molar-refractivity contribution in [1.29, 1.82) is 0 Å². The molecule has 3 aromatic rings. The van der Waals surface area contributed by atoms with Crippen LogP contribution >= 0.6 is 12.2 Å². The van der Waals surface area contributed by atoms with E-state index in [1.807, 2.05) is 46.7 Å². The molecule has 6 nitrogen and oxygen atoms in total. The van der Waals surface area contributed by atoms with Gasteiger partial charge < -0.3 is 9.64 Å². The van der Waals surface area contributed by atoms with Crippen molar-refractivity contribution in [3.05, 3.63) is 64.4 Å². The fraction of sp³-hybridized carbons (Fsp3) is 0.348. The molecule has 2 heterocycles. The summed E-state index contributed by atoms with van der Waals surface area (Å²) in [4.78, 5) is 14.8. The second-order valence-corrected chi connectivity index (χ2v) is 8.11. The highest BCUT2D eigenvalue weighted by Crippen LogP contribution is 2.29. The number of carbonyl (C=O) groups excluding carboxylic acids is 1. The molecule has 0 bridgehead atoms. The SMILES string of the molecule is COc1ccc(C2CCN(C(=O)CCn3c(-c4cccc(C)c4)n[nH]c3=S)C2)cc1. The first-order valence-corrected chi connectivity index (χ1v) is 10.6. The second-order valence-electron chi connectivity index (χ2n) is 7.72. The van der Waals surface area contributed by atoms with Gasteiger partial charge in [0.05, 0.1) is 7.11 Å². The van der Waals surface area contributed by atoms with Gasteiger partial charge in [0.2, 0.25) is 5.91 Å². The number of rotatable bonds is 6. The number of aryl methyl sites for hydroxylation is 1. The number of nitrogens with one attached hydrogen (secondary N) is 1. The maximum atomic E-state index is 12.9. The zero-order valence-corrected chi connectivity index (χ0v) is 18.1. The molecular formula is C23H26N4O2S. The van der Waals surface area contributed by atoms with E-state index < -0.39 is 0 Å². The van der Waals surface area contributed by atoms with Gasteiger partial charge in [-0.05, 0) is 49.3 Å².